The van der Waals surface area contributed by atoms with E-state index in [2.05, 4.69) is 15.1 Å². The third-order valence-corrected chi connectivity index (χ3v) is 5.60. The zero-order chi connectivity index (χ0) is 22.2. The van der Waals surface area contributed by atoms with E-state index in [-0.39, 0.29) is 19.4 Å². The van der Waals surface area contributed by atoms with Crippen molar-refractivity contribution in [3.63, 3.8) is 0 Å². The summed E-state index contributed by atoms with van der Waals surface area (Å²) < 4.78 is 25.4. The average molecular weight is 434 g/mol. The molecule has 1 amide bonds. The van der Waals surface area contributed by atoms with Crippen LogP contribution in [0, 0.1) is 6.92 Å². The van der Waals surface area contributed by atoms with Gasteiger partial charge in [-0.2, -0.15) is 5.10 Å². The number of carbonyl (C=O) groups is 1. The summed E-state index contributed by atoms with van der Waals surface area (Å²) in [6.07, 6.45) is 10.0. The lowest BCUT2D eigenvalue weighted by molar-refractivity contribution is 0.102. The minimum atomic E-state index is -0.459. The van der Waals surface area contributed by atoms with E-state index in [0.29, 0.717) is 42.2 Å². The zero-order valence-corrected chi connectivity index (χ0v) is 18.6. The van der Waals surface area contributed by atoms with E-state index >= 15 is 0 Å². The van der Waals surface area contributed by atoms with Crippen LogP contribution in [0.3, 0.4) is 0 Å². The Labute approximate surface area is 182 Å². The average Bonchev–Trinajstić information content (AvgIpc) is 3.14. The van der Waals surface area contributed by atoms with Crippen LogP contribution in [0.1, 0.15) is 56.3 Å². The van der Waals surface area contributed by atoms with Gasteiger partial charge in [-0.15, -0.1) is 0 Å². The second kappa shape index (κ2) is 11.1. The molecular formula is C22H32FN5O3. The molecule has 0 N–H and O–H groups in total. The van der Waals surface area contributed by atoms with Crippen LogP contribution in [0.2, 0.25) is 0 Å². The summed E-state index contributed by atoms with van der Waals surface area (Å²) in [4.78, 5) is 22.8. The number of hydrogen-bond donors (Lipinski definition) is 0. The third-order valence-electron chi connectivity index (χ3n) is 5.60. The first kappa shape index (κ1) is 23.0. The van der Waals surface area contributed by atoms with Gasteiger partial charge in [-0.1, -0.05) is 6.42 Å². The van der Waals surface area contributed by atoms with Crippen LogP contribution in [0.4, 0.5) is 9.18 Å². The number of ether oxygens (including phenoxy) is 2. The van der Waals surface area contributed by atoms with Crippen LogP contribution in [0.5, 0.6) is 5.75 Å². The summed E-state index contributed by atoms with van der Waals surface area (Å²) in [5, 5.41) is 4.28. The van der Waals surface area contributed by atoms with E-state index in [1.165, 1.54) is 24.2 Å². The molecule has 2 aromatic rings. The van der Waals surface area contributed by atoms with Crippen molar-refractivity contribution in [2.45, 2.75) is 64.6 Å². The minimum Gasteiger partial charge on any atom is -0.487 e. The van der Waals surface area contributed by atoms with Gasteiger partial charge < -0.3 is 14.4 Å². The minimum absolute atomic E-state index is 0.0425. The smallest absolute Gasteiger partial charge is 0.409 e. The molecule has 0 bridgehead atoms. The van der Waals surface area contributed by atoms with Crippen LogP contribution in [-0.4, -0.2) is 57.1 Å². The molecule has 8 nitrogen and oxygen atoms in total. The van der Waals surface area contributed by atoms with Gasteiger partial charge in [0.15, 0.2) is 11.6 Å². The number of nitrogens with zero attached hydrogens (tertiary/aromatic N) is 5. The van der Waals surface area contributed by atoms with E-state index in [9.17, 15) is 9.18 Å². The summed E-state index contributed by atoms with van der Waals surface area (Å²) in [5.74, 6) is 1.23. The molecule has 170 valence electrons. The molecule has 0 spiro atoms. The molecule has 2 heterocycles. The SMILES string of the molecule is Cc1nc(-c2cnn(C)c2COC(=O)N(C)CCCCF)ncc1OC1CCCCC1. The molecule has 0 atom stereocenters. The normalized spacial score (nSPS) is 14.5. The molecule has 0 radical (unpaired) electrons. The van der Waals surface area contributed by atoms with Crippen molar-refractivity contribution in [2.24, 2.45) is 7.05 Å². The number of halogens is 1. The van der Waals surface area contributed by atoms with E-state index in [1.807, 2.05) is 6.92 Å². The first-order valence-corrected chi connectivity index (χ1v) is 10.9. The highest BCUT2D eigenvalue weighted by atomic mass is 19.1. The van der Waals surface area contributed by atoms with Crippen LogP contribution < -0.4 is 4.74 Å². The van der Waals surface area contributed by atoms with E-state index in [1.54, 1.807) is 31.2 Å². The maximum Gasteiger partial charge on any atom is 0.409 e. The molecule has 1 saturated carbocycles. The van der Waals surface area contributed by atoms with Gasteiger partial charge in [0.25, 0.3) is 0 Å². The topological polar surface area (TPSA) is 82.4 Å². The van der Waals surface area contributed by atoms with Crippen molar-refractivity contribution in [1.82, 2.24) is 24.6 Å². The van der Waals surface area contributed by atoms with E-state index < -0.39 is 6.09 Å². The van der Waals surface area contributed by atoms with Gasteiger partial charge in [-0.05, 0) is 45.4 Å². The Kier molecular flexibility index (Phi) is 8.20. The van der Waals surface area contributed by atoms with Crippen molar-refractivity contribution in [1.29, 1.82) is 0 Å². The number of carbonyl (C=O) groups excluding carboxylic acids is 1. The van der Waals surface area contributed by atoms with Gasteiger partial charge in [-0.25, -0.2) is 14.8 Å². The summed E-state index contributed by atoms with van der Waals surface area (Å²) >= 11 is 0. The molecule has 3 rings (SSSR count). The Hall–Kier alpha value is -2.71. The predicted molar refractivity (Wildman–Crippen MR) is 114 cm³/mol. The van der Waals surface area contributed by atoms with E-state index in [4.69, 9.17) is 9.47 Å². The Balaban J connectivity index is 1.65. The van der Waals surface area contributed by atoms with Crippen molar-refractivity contribution in [3.05, 3.63) is 23.8 Å². The highest BCUT2D eigenvalue weighted by molar-refractivity contribution is 5.67. The van der Waals surface area contributed by atoms with Gasteiger partial charge >= 0.3 is 6.09 Å². The maximum atomic E-state index is 12.2. The number of aryl methyl sites for hydroxylation is 2. The van der Waals surface area contributed by atoms with Crippen molar-refractivity contribution in [3.8, 4) is 17.1 Å². The summed E-state index contributed by atoms with van der Waals surface area (Å²) in [7, 11) is 3.42. The van der Waals surface area contributed by atoms with Crippen molar-refractivity contribution in [2.75, 3.05) is 20.3 Å². The lowest BCUT2D eigenvalue weighted by Crippen LogP contribution is -2.28. The number of amides is 1. The molecule has 31 heavy (non-hydrogen) atoms. The fraction of sp³-hybridized carbons (Fsp3) is 0.636. The standard InChI is InChI=1S/C22H32FN5O3/c1-16-20(31-17-9-5-4-6-10-17)14-24-21(26-16)18-13-25-28(3)19(18)15-30-22(29)27(2)12-8-7-11-23/h13-14,17H,4-12,15H2,1-3H3. The first-order chi connectivity index (χ1) is 15.0. The van der Waals surface area contributed by atoms with Crippen LogP contribution in [-0.2, 0) is 18.4 Å². The third kappa shape index (κ3) is 6.15. The summed E-state index contributed by atoms with van der Waals surface area (Å²) in [6, 6.07) is 0. The fourth-order valence-electron chi connectivity index (χ4n) is 3.66. The zero-order valence-electron chi connectivity index (χ0n) is 18.6. The largest absolute Gasteiger partial charge is 0.487 e. The summed E-state index contributed by atoms with van der Waals surface area (Å²) in [6.45, 7) is 2.02. The van der Waals surface area contributed by atoms with Crippen molar-refractivity contribution < 1.29 is 18.7 Å². The first-order valence-electron chi connectivity index (χ1n) is 10.9. The quantitative estimate of drug-likeness (QED) is 0.551. The van der Waals surface area contributed by atoms with Gasteiger partial charge in [0.05, 0.1) is 42.1 Å². The lowest BCUT2D eigenvalue weighted by Gasteiger charge is -2.23. The molecule has 1 aliphatic rings. The Morgan fingerprint density at radius 3 is 2.74 bits per heavy atom. The number of rotatable bonds is 9. The number of hydrogen-bond acceptors (Lipinski definition) is 6. The Morgan fingerprint density at radius 1 is 1.26 bits per heavy atom. The van der Waals surface area contributed by atoms with Crippen molar-refractivity contribution >= 4 is 6.09 Å². The molecular weight excluding hydrogens is 401 g/mol. The highest BCUT2D eigenvalue weighted by Crippen LogP contribution is 2.27. The van der Waals surface area contributed by atoms with E-state index in [0.717, 1.165) is 18.5 Å². The van der Waals surface area contributed by atoms with Gasteiger partial charge in [0.2, 0.25) is 0 Å². The second-order valence-electron chi connectivity index (χ2n) is 8.02. The molecule has 1 fully saturated rings. The highest BCUT2D eigenvalue weighted by Gasteiger charge is 2.20. The second-order valence-corrected chi connectivity index (χ2v) is 8.02. The van der Waals surface area contributed by atoms with Gasteiger partial charge in [0, 0.05) is 20.6 Å². The number of aromatic nitrogens is 4. The van der Waals surface area contributed by atoms with Crippen LogP contribution >= 0.6 is 0 Å². The molecule has 0 unspecified atom stereocenters. The number of unbranched alkanes of at least 4 members (excludes halogenated alkanes) is 1. The maximum absolute atomic E-state index is 12.2. The molecule has 0 saturated heterocycles. The van der Waals surface area contributed by atoms with Gasteiger partial charge in [0.1, 0.15) is 6.61 Å². The number of alkyl halides is 1. The fourth-order valence-corrected chi connectivity index (χ4v) is 3.66. The monoisotopic (exact) mass is 433 g/mol. The molecule has 0 aliphatic heterocycles. The predicted octanol–water partition coefficient (Wildman–Crippen LogP) is 4.22. The molecule has 0 aromatic carbocycles. The van der Waals surface area contributed by atoms with Gasteiger partial charge in [-0.3, -0.25) is 9.07 Å². The molecule has 2 aromatic heterocycles. The van der Waals surface area contributed by atoms with Crippen LogP contribution in [0.15, 0.2) is 12.4 Å². The van der Waals surface area contributed by atoms with Crippen LogP contribution in [0.25, 0.3) is 11.4 Å². The Bertz CT molecular complexity index is 867. The lowest BCUT2D eigenvalue weighted by atomic mass is 9.98. The molecule has 9 heteroatoms. The summed E-state index contributed by atoms with van der Waals surface area (Å²) in [5.41, 5.74) is 2.18. The Morgan fingerprint density at radius 2 is 2.03 bits per heavy atom. The molecule has 1 aliphatic carbocycles.